The average Bonchev–Trinajstić information content (AvgIpc) is 2.81. The van der Waals surface area contributed by atoms with Crippen LogP contribution in [0.3, 0.4) is 0 Å². The molecule has 188 valence electrons. The highest BCUT2D eigenvalue weighted by Gasteiger charge is 2.36. The number of rotatable bonds is 6. The van der Waals surface area contributed by atoms with Crippen LogP contribution in [0.2, 0.25) is 0 Å². The number of halogens is 6. The molecule has 2 N–H and O–H groups in total. The van der Waals surface area contributed by atoms with Crippen molar-refractivity contribution in [2.45, 2.75) is 26.2 Å². The van der Waals surface area contributed by atoms with E-state index in [9.17, 15) is 26.3 Å². The van der Waals surface area contributed by atoms with Gasteiger partial charge in [-0.25, -0.2) is 19.9 Å². The molecule has 4 heterocycles. The van der Waals surface area contributed by atoms with Gasteiger partial charge in [-0.05, 0) is 30.2 Å². The third-order valence-electron chi connectivity index (χ3n) is 4.83. The van der Waals surface area contributed by atoms with Gasteiger partial charge < -0.3 is 10.6 Å². The normalized spacial score (nSPS) is 12.2. The van der Waals surface area contributed by atoms with Crippen LogP contribution < -0.4 is 10.6 Å². The maximum Gasteiger partial charge on any atom is 0.418 e. The maximum absolute atomic E-state index is 13.8. The maximum atomic E-state index is 13.8. The zero-order valence-electron chi connectivity index (χ0n) is 18.8. The molecule has 36 heavy (non-hydrogen) atoms. The summed E-state index contributed by atoms with van der Waals surface area (Å²) in [5, 5.41) is 13.2. The van der Waals surface area contributed by atoms with Gasteiger partial charge in [0.25, 0.3) is 0 Å². The Morgan fingerprint density at radius 2 is 1.64 bits per heavy atom. The predicted molar refractivity (Wildman–Crippen MR) is 119 cm³/mol. The molecule has 0 saturated carbocycles. The molecular formula is C22H18F6N8. The Balaban J connectivity index is 1.68. The van der Waals surface area contributed by atoms with Crippen LogP contribution >= 0.6 is 0 Å². The SMILES string of the molecule is CC(C)CNc1cc(C(F)(F)F)c(-c2cnc3c(Nc4ccc(C(F)(F)F)cn4)ccnc3n2)nn1. The molecule has 0 saturated heterocycles. The molecule has 0 radical (unpaired) electrons. The number of hydrogen-bond donors (Lipinski definition) is 2. The Morgan fingerprint density at radius 1 is 0.861 bits per heavy atom. The van der Waals surface area contributed by atoms with Gasteiger partial charge in [0.05, 0.1) is 23.0 Å². The van der Waals surface area contributed by atoms with Gasteiger partial charge in [-0.3, -0.25) is 0 Å². The lowest BCUT2D eigenvalue weighted by Gasteiger charge is -2.14. The van der Waals surface area contributed by atoms with Gasteiger partial charge in [0, 0.05) is 18.9 Å². The van der Waals surface area contributed by atoms with Gasteiger partial charge in [-0.2, -0.15) is 26.3 Å². The van der Waals surface area contributed by atoms with E-state index in [0.29, 0.717) is 18.4 Å². The lowest BCUT2D eigenvalue weighted by atomic mass is 10.1. The largest absolute Gasteiger partial charge is 0.418 e. The van der Waals surface area contributed by atoms with Crippen molar-refractivity contribution >= 4 is 28.5 Å². The molecule has 0 bridgehead atoms. The van der Waals surface area contributed by atoms with Gasteiger partial charge >= 0.3 is 12.4 Å². The van der Waals surface area contributed by atoms with E-state index in [2.05, 4.69) is 40.8 Å². The fourth-order valence-electron chi connectivity index (χ4n) is 3.10. The third kappa shape index (κ3) is 5.58. The van der Waals surface area contributed by atoms with Crippen molar-refractivity contribution in [1.29, 1.82) is 0 Å². The number of alkyl halides is 6. The van der Waals surface area contributed by atoms with Gasteiger partial charge in [-0.15, -0.1) is 10.2 Å². The van der Waals surface area contributed by atoms with E-state index < -0.39 is 29.2 Å². The van der Waals surface area contributed by atoms with E-state index in [1.807, 2.05) is 13.8 Å². The second kappa shape index (κ2) is 9.51. The Hall–Kier alpha value is -4.10. The van der Waals surface area contributed by atoms with Gasteiger partial charge in [0.1, 0.15) is 28.5 Å². The number of anilines is 3. The molecule has 0 unspecified atom stereocenters. The first-order chi connectivity index (χ1) is 16.9. The quantitative estimate of drug-likeness (QED) is 0.319. The van der Waals surface area contributed by atoms with Crippen molar-refractivity contribution in [2.24, 2.45) is 5.92 Å². The van der Waals surface area contributed by atoms with Crippen molar-refractivity contribution in [3.63, 3.8) is 0 Å². The molecule has 4 rings (SSSR count). The highest BCUT2D eigenvalue weighted by Crippen LogP contribution is 2.36. The highest BCUT2D eigenvalue weighted by molar-refractivity contribution is 5.87. The highest BCUT2D eigenvalue weighted by atomic mass is 19.4. The molecule has 0 spiro atoms. The van der Waals surface area contributed by atoms with E-state index in [1.54, 1.807) is 0 Å². The fourth-order valence-corrected chi connectivity index (χ4v) is 3.10. The first kappa shape index (κ1) is 25.0. The van der Waals surface area contributed by atoms with E-state index >= 15 is 0 Å². The van der Waals surface area contributed by atoms with Crippen LogP contribution in [0.5, 0.6) is 0 Å². The summed E-state index contributed by atoms with van der Waals surface area (Å²) in [6, 6.07) is 4.33. The summed E-state index contributed by atoms with van der Waals surface area (Å²) in [7, 11) is 0. The molecule has 4 aromatic rings. The second-order valence-electron chi connectivity index (χ2n) is 8.11. The summed E-state index contributed by atoms with van der Waals surface area (Å²) < 4.78 is 79.6. The molecule has 0 fully saturated rings. The molecule has 4 aromatic heterocycles. The Labute approximate surface area is 200 Å². The van der Waals surface area contributed by atoms with E-state index in [-0.39, 0.29) is 34.4 Å². The molecule has 8 nitrogen and oxygen atoms in total. The van der Waals surface area contributed by atoms with Crippen LogP contribution in [-0.4, -0.2) is 36.7 Å². The molecule has 0 aromatic carbocycles. The molecule has 0 amide bonds. The van der Waals surface area contributed by atoms with Crippen LogP contribution in [0.15, 0.2) is 42.9 Å². The van der Waals surface area contributed by atoms with Crippen LogP contribution in [0.4, 0.5) is 43.7 Å². The van der Waals surface area contributed by atoms with Crippen LogP contribution in [0, 0.1) is 5.92 Å². The molecule has 14 heteroatoms. The van der Waals surface area contributed by atoms with Gasteiger partial charge in [0.15, 0.2) is 5.65 Å². The lowest BCUT2D eigenvalue weighted by Crippen LogP contribution is -2.14. The minimum Gasteiger partial charge on any atom is -0.368 e. The second-order valence-corrected chi connectivity index (χ2v) is 8.11. The molecule has 0 atom stereocenters. The summed E-state index contributed by atoms with van der Waals surface area (Å²) in [4.78, 5) is 16.1. The predicted octanol–water partition coefficient (Wildman–Crippen LogP) is 5.73. The summed E-state index contributed by atoms with van der Waals surface area (Å²) >= 11 is 0. The number of nitrogens with one attached hydrogen (secondary N) is 2. The summed E-state index contributed by atoms with van der Waals surface area (Å²) in [5.74, 6) is 0.247. The number of aromatic nitrogens is 6. The zero-order valence-corrected chi connectivity index (χ0v) is 18.8. The smallest absolute Gasteiger partial charge is 0.368 e. The summed E-state index contributed by atoms with van der Waals surface area (Å²) in [6.07, 6.45) is -6.18. The molecular weight excluding hydrogens is 490 g/mol. The third-order valence-corrected chi connectivity index (χ3v) is 4.83. The van der Waals surface area contributed by atoms with Crippen molar-refractivity contribution < 1.29 is 26.3 Å². The zero-order chi connectivity index (χ0) is 26.1. The van der Waals surface area contributed by atoms with Crippen LogP contribution in [0.1, 0.15) is 25.0 Å². The molecule has 0 aliphatic heterocycles. The average molecular weight is 508 g/mol. The monoisotopic (exact) mass is 508 g/mol. The molecule has 0 aliphatic carbocycles. The van der Waals surface area contributed by atoms with Crippen molar-refractivity contribution in [2.75, 3.05) is 17.2 Å². The number of hydrogen-bond acceptors (Lipinski definition) is 8. The van der Waals surface area contributed by atoms with E-state index in [1.165, 1.54) is 12.3 Å². The minimum absolute atomic E-state index is 0.0126. The van der Waals surface area contributed by atoms with E-state index in [0.717, 1.165) is 24.4 Å². The fraction of sp³-hybridized carbons (Fsp3) is 0.273. The Bertz CT molecular complexity index is 1370. The van der Waals surface area contributed by atoms with Crippen molar-refractivity contribution in [3.8, 4) is 11.4 Å². The first-order valence-corrected chi connectivity index (χ1v) is 10.5. The van der Waals surface area contributed by atoms with Crippen molar-refractivity contribution in [3.05, 3.63) is 54.0 Å². The van der Waals surface area contributed by atoms with Gasteiger partial charge in [-0.1, -0.05) is 13.8 Å². The standard InChI is InChI=1S/C22H18F6N8/c1-11(2)8-30-17-7-13(22(26,27)28)18(36-35-17)15-10-32-19-14(5-6-29-20(19)34-15)33-16-4-3-12(9-31-16)21(23,24)25/h3-7,9-11H,8H2,1-2H3,(H,30,35)(H,29,31,33,34). The van der Waals surface area contributed by atoms with Crippen molar-refractivity contribution in [1.82, 2.24) is 30.1 Å². The topological polar surface area (TPSA) is 101 Å². The molecule has 0 aliphatic rings. The summed E-state index contributed by atoms with van der Waals surface area (Å²) in [5.41, 5.74) is -2.22. The number of pyridine rings is 2. The first-order valence-electron chi connectivity index (χ1n) is 10.5. The number of nitrogens with zero attached hydrogens (tertiary/aromatic N) is 6. The van der Waals surface area contributed by atoms with Gasteiger partial charge in [0.2, 0.25) is 0 Å². The number of fused-ring (bicyclic) bond motifs is 1. The minimum atomic E-state index is -4.73. The van der Waals surface area contributed by atoms with E-state index in [4.69, 9.17) is 0 Å². The van der Waals surface area contributed by atoms with Crippen LogP contribution in [0.25, 0.3) is 22.6 Å². The Kier molecular flexibility index (Phi) is 6.61. The Morgan fingerprint density at radius 3 is 2.28 bits per heavy atom. The summed E-state index contributed by atoms with van der Waals surface area (Å²) in [6.45, 7) is 4.20. The lowest BCUT2D eigenvalue weighted by molar-refractivity contribution is -0.138. The van der Waals surface area contributed by atoms with Crippen LogP contribution in [-0.2, 0) is 12.4 Å².